The zero-order valence-electron chi connectivity index (χ0n) is 29.6. The number of aromatic nitrogens is 1. The highest BCUT2D eigenvalue weighted by Crippen LogP contribution is 2.45. The second-order valence-electron chi connectivity index (χ2n) is 14.8. The van der Waals surface area contributed by atoms with Gasteiger partial charge in [0.1, 0.15) is 17.6 Å². The number of nitrogens with one attached hydrogen (secondary N) is 3. The zero-order valence-corrected chi connectivity index (χ0v) is 30.5. The number of pyridine rings is 1. The second kappa shape index (κ2) is 15.2. The molecule has 3 fully saturated rings. The third-order valence-corrected chi connectivity index (χ3v) is 11.7. The first kappa shape index (κ1) is 38.0. The number of aliphatic hydroxyl groups is 1. The van der Waals surface area contributed by atoms with Crippen LogP contribution in [0.25, 0.3) is 10.8 Å². The van der Waals surface area contributed by atoms with Gasteiger partial charge in [0.05, 0.1) is 25.1 Å². The number of unbranched alkanes of at least 4 members (excludes halogenated alkanes) is 1. The topological polar surface area (TPSA) is 193 Å². The minimum atomic E-state index is -3.83. The van der Waals surface area contributed by atoms with Crippen molar-refractivity contribution in [3.05, 3.63) is 48.7 Å². The van der Waals surface area contributed by atoms with Crippen molar-refractivity contribution in [2.75, 3.05) is 20.3 Å². The number of aliphatic hydroxyl groups excluding tert-OH is 1. The molecule has 2 saturated carbocycles. The Labute approximate surface area is 298 Å². The lowest BCUT2D eigenvalue weighted by Crippen LogP contribution is -2.60. The molecule has 0 spiro atoms. The summed E-state index contributed by atoms with van der Waals surface area (Å²) in [5.74, 6) is -1.81. The number of methoxy groups -OCH3 is 1. The van der Waals surface area contributed by atoms with Crippen LogP contribution >= 0.6 is 0 Å². The number of ether oxygens (including phenoxy) is 2. The summed E-state index contributed by atoms with van der Waals surface area (Å²) in [5, 5.41) is 17.4. The largest absolute Gasteiger partial charge is 0.481 e. The van der Waals surface area contributed by atoms with Crippen LogP contribution in [0.15, 0.2) is 43.1 Å². The summed E-state index contributed by atoms with van der Waals surface area (Å²) in [6.45, 7) is 9.43. The van der Waals surface area contributed by atoms with Crippen molar-refractivity contribution in [1.82, 2.24) is 25.2 Å². The number of benzene rings is 1. The van der Waals surface area contributed by atoms with E-state index in [4.69, 9.17) is 9.47 Å². The average molecular weight is 728 g/mol. The van der Waals surface area contributed by atoms with Gasteiger partial charge >= 0.3 is 6.09 Å². The Balaban J connectivity index is 1.13. The highest BCUT2D eigenvalue weighted by Gasteiger charge is 2.61. The molecule has 1 saturated heterocycles. The lowest BCUT2D eigenvalue weighted by atomic mass is 9.85. The zero-order chi connectivity index (χ0) is 37.1. The predicted octanol–water partition coefficient (Wildman–Crippen LogP) is 3.25. The minimum absolute atomic E-state index is 0.0684. The van der Waals surface area contributed by atoms with Gasteiger partial charge in [0.15, 0.2) is 0 Å². The normalized spacial score (nSPS) is 22.8. The Hall–Kier alpha value is -4.24. The Kier molecular flexibility index (Phi) is 11.3. The number of rotatable bonds is 15. The molecular formula is C36H49N5O9S. The van der Waals surface area contributed by atoms with Gasteiger partial charge in [-0.05, 0) is 79.9 Å². The van der Waals surface area contributed by atoms with Crippen LogP contribution < -0.4 is 20.1 Å². The summed E-state index contributed by atoms with van der Waals surface area (Å²) in [5.41, 5.74) is -1.48. The molecule has 4 N–H and O–H groups in total. The standard InChI is InChI=1S/C36H49N5O9S/c1-6-24-21-36(24,33(45)40-51(47,48)25-14-15-25)39-30(43)27-10-9-18-41(27)32(44)29(35(2,3)4)38-34(46)50-19-8-7-11-28(42)23-13-12-22-16-17-37-31(49-5)26(22)20-23/h6,12-13,16-17,20,24-25,27-29,42H,1,7-11,14-15,18-19,21H2,2-5H3,(H,38,46)(H,39,43)(H,40,45)/t24-,27?,28+,29?,36-/m1/s1. The summed E-state index contributed by atoms with van der Waals surface area (Å²) in [7, 11) is -2.29. The maximum absolute atomic E-state index is 13.9. The smallest absolute Gasteiger partial charge is 0.407 e. The van der Waals surface area contributed by atoms with Crippen LogP contribution in [0.4, 0.5) is 4.79 Å². The van der Waals surface area contributed by atoms with E-state index < -0.39 is 74.1 Å². The summed E-state index contributed by atoms with van der Waals surface area (Å²) in [6.07, 6.45) is 5.17. The Morgan fingerprint density at radius 3 is 2.55 bits per heavy atom. The molecule has 1 aliphatic heterocycles. The first-order valence-corrected chi connectivity index (χ1v) is 19.0. The predicted molar refractivity (Wildman–Crippen MR) is 189 cm³/mol. The summed E-state index contributed by atoms with van der Waals surface area (Å²) in [6, 6.07) is 5.55. The molecule has 3 aliphatic rings. The monoisotopic (exact) mass is 727 g/mol. The highest BCUT2D eigenvalue weighted by atomic mass is 32.2. The molecular weight excluding hydrogens is 678 g/mol. The van der Waals surface area contributed by atoms with E-state index in [1.807, 2.05) is 24.3 Å². The molecule has 278 valence electrons. The van der Waals surface area contributed by atoms with Gasteiger partial charge in [0.25, 0.3) is 5.91 Å². The van der Waals surface area contributed by atoms with Gasteiger partial charge < -0.3 is 30.1 Å². The average Bonchev–Trinajstić information content (AvgIpc) is 4.01. The first-order chi connectivity index (χ1) is 24.1. The van der Waals surface area contributed by atoms with Crippen LogP contribution in [0, 0.1) is 11.3 Å². The summed E-state index contributed by atoms with van der Waals surface area (Å²) >= 11 is 0. The number of hydrogen-bond donors (Lipinski definition) is 4. The fourth-order valence-electron chi connectivity index (χ4n) is 6.60. The molecule has 2 heterocycles. The highest BCUT2D eigenvalue weighted by molar-refractivity contribution is 7.91. The molecule has 14 nitrogen and oxygen atoms in total. The van der Waals surface area contributed by atoms with Crippen LogP contribution in [-0.2, 0) is 29.1 Å². The number of likely N-dealkylation sites (tertiary alicyclic amines) is 1. The van der Waals surface area contributed by atoms with Gasteiger partial charge in [0, 0.05) is 24.0 Å². The van der Waals surface area contributed by atoms with Crippen molar-refractivity contribution in [3.8, 4) is 5.88 Å². The van der Waals surface area contributed by atoms with Crippen LogP contribution in [-0.4, -0.2) is 90.4 Å². The number of fused-ring (bicyclic) bond motifs is 1. The van der Waals surface area contributed by atoms with Crippen LogP contribution in [0.2, 0.25) is 0 Å². The number of amides is 4. The molecule has 4 amide bonds. The molecule has 1 aromatic carbocycles. The first-order valence-electron chi connectivity index (χ1n) is 17.5. The van der Waals surface area contributed by atoms with E-state index in [2.05, 4.69) is 26.9 Å². The second-order valence-corrected chi connectivity index (χ2v) is 16.7. The maximum atomic E-state index is 13.9. The third-order valence-electron chi connectivity index (χ3n) is 9.90. The van der Waals surface area contributed by atoms with Gasteiger partial charge in [-0.25, -0.2) is 18.2 Å². The van der Waals surface area contributed by atoms with Crippen molar-refractivity contribution in [1.29, 1.82) is 0 Å². The van der Waals surface area contributed by atoms with E-state index >= 15 is 0 Å². The Morgan fingerprint density at radius 1 is 1.16 bits per heavy atom. The number of hydrogen-bond acceptors (Lipinski definition) is 10. The summed E-state index contributed by atoms with van der Waals surface area (Å²) in [4.78, 5) is 59.2. The van der Waals surface area contributed by atoms with E-state index in [0.717, 1.165) is 16.3 Å². The fourth-order valence-corrected chi connectivity index (χ4v) is 7.96. The number of nitrogens with zero attached hydrogens (tertiary/aromatic N) is 2. The van der Waals surface area contributed by atoms with Crippen LogP contribution in [0.1, 0.15) is 83.8 Å². The molecule has 0 bridgehead atoms. The molecule has 1 aromatic heterocycles. The van der Waals surface area contributed by atoms with E-state index in [1.165, 1.54) is 11.0 Å². The Bertz CT molecular complexity index is 1770. The fraction of sp³-hybridized carbons (Fsp3) is 0.583. The lowest BCUT2D eigenvalue weighted by Gasteiger charge is -2.35. The molecule has 2 aliphatic carbocycles. The molecule has 2 aromatic rings. The molecule has 5 atom stereocenters. The number of carbonyl (C=O) groups excluding carboxylic acids is 4. The number of carbonyl (C=O) groups is 4. The van der Waals surface area contributed by atoms with E-state index in [0.29, 0.717) is 50.8 Å². The van der Waals surface area contributed by atoms with Gasteiger partial charge in [-0.3, -0.25) is 19.1 Å². The summed E-state index contributed by atoms with van der Waals surface area (Å²) < 4.78 is 37.8. The molecule has 0 radical (unpaired) electrons. The van der Waals surface area contributed by atoms with E-state index in [-0.39, 0.29) is 19.6 Å². The van der Waals surface area contributed by atoms with Crippen molar-refractivity contribution in [2.45, 2.75) is 101 Å². The minimum Gasteiger partial charge on any atom is -0.481 e. The van der Waals surface area contributed by atoms with Gasteiger partial charge in [-0.15, -0.1) is 6.58 Å². The molecule has 51 heavy (non-hydrogen) atoms. The van der Waals surface area contributed by atoms with Gasteiger partial charge in [-0.2, -0.15) is 0 Å². The SMILES string of the molecule is C=C[C@@H]1C[C@]1(NC(=O)C1CCCN1C(=O)C(NC(=O)OCCCC[C@H](O)c1ccc2ccnc(OC)c2c1)C(C)(C)C)C(=O)NS(=O)(=O)C1CC1. The third kappa shape index (κ3) is 8.63. The number of alkyl carbamates (subject to hydrolysis) is 1. The lowest BCUT2D eigenvalue weighted by molar-refractivity contribution is -0.142. The Morgan fingerprint density at radius 2 is 1.90 bits per heavy atom. The molecule has 2 unspecified atom stereocenters. The maximum Gasteiger partial charge on any atom is 0.407 e. The quantitative estimate of drug-likeness (QED) is 0.156. The van der Waals surface area contributed by atoms with Crippen LogP contribution in [0.5, 0.6) is 5.88 Å². The molecule has 15 heteroatoms. The van der Waals surface area contributed by atoms with Crippen LogP contribution in [0.3, 0.4) is 0 Å². The van der Waals surface area contributed by atoms with Crippen molar-refractivity contribution < 1.29 is 42.2 Å². The van der Waals surface area contributed by atoms with E-state index in [1.54, 1.807) is 34.1 Å². The van der Waals surface area contributed by atoms with Crippen molar-refractivity contribution in [2.24, 2.45) is 11.3 Å². The van der Waals surface area contributed by atoms with Crippen molar-refractivity contribution >= 4 is 44.6 Å². The van der Waals surface area contributed by atoms with Gasteiger partial charge in [-0.1, -0.05) is 39.0 Å². The van der Waals surface area contributed by atoms with E-state index in [9.17, 15) is 32.7 Å². The van der Waals surface area contributed by atoms with Gasteiger partial charge in [0.2, 0.25) is 27.7 Å². The molecule has 5 rings (SSSR count). The number of sulfonamides is 1. The van der Waals surface area contributed by atoms with Crippen molar-refractivity contribution in [3.63, 3.8) is 0 Å².